The minimum absolute atomic E-state index is 0.148. The summed E-state index contributed by atoms with van der Waals surface area (Å²) >= 11 is 0. The molecule has 0 aliphatic heterocycles. The number of aromatic nitrogens is 4. The van der Waals surface area contributed by atoms with E-state index in [1.165, 1.54) is 17.9 Å². The van der Waals surface area contributed by atoms with Crippen LogP contribution in [0.4, 0.5) is 4.39 Å². The largest absolute Gasteiger partial charge is 0.378 e. The predicted octanol–water partition coefficient (Wildman–Crippen LogP) is 2.84. The molecule has 1 atom stereocenters. The Morgan fingerprint density at radius 1 is 1.20 bits per heavy atom. The third-order valence-electron chi connectivity index (χ3n) is 4.63. The van der Waals surface area contributed by atoms with Crippen LogP contribution in [0.5, 0.6) is 0 Å². The second kappa shape index (κ2) is 8.26. The molecule has 4 rings (SSSR count). The highest BCUT2D eigenvalue weighted by Crippen LogP contribution is 2.28. The van der Waals surface area contributed by atoms with Gasteiger partial charge in [0.1, 0.15) is 6.67 Å². The van der Waals surface area contributed by atoms with Crippen molar-refractivity contribution in [2.24, 2.45) is 0 Å². The predicted molar refractivity (Wildman–Crippen MR) is 106 cm³/mol. The third-order valence-corrected chi connectivity index (χ3v) is 4.63. The van der Waals surface area contributed by atoms with Crippen molar-refractivity contribution in [3.05, 3.63) is 72.1 Å². The Bertz CT molecular complexity index is 1160. The van der Waals surface area contributed by atoms with Crippen molar-refractivity contribution >= 4 is 5.91 Å². The molecule has 2 aromatic heterocycles. The summed E-state index contributed by atoms with van der Waals surface area (Å²) in [5.74, 6) is -0.0590. The van der Waals surface area contributed by atoms with E-state index in [4.69, 9.17) is 4.52 Å². The van der Waals surface area contributed by atoms with Crippen molar-refractivity contribution in [2.45, 2.75) is 12.8 Å². The normalized spacial score (nSPS) is 12.0. The lowest BCUT2D eigenvalue weighted by molar-refractivity contribution is -0.129. The SMILES string of the molecule is CNC(=O)C(O)c1ccc(-c2noc(-c3cnn(-c4ccccc4)c3CF)n2)cc1. The Labute approximate surface area is 171 Å². The molecule has 2 aromatic carbocycles. The fraction of sp³-hybridized carbons (Fsp3) is 0.143. The monoisotopic (exact) mass is 407 g/mol. The van der Waals surface area contributed by atoms with E-state index in [1.54, 1.807) is 24.3 Å². The molecule has 1 amide bonds. The van der Waals surface area contributed by atoms with Gasteiger partial charge in [-0.3, -0.25) is 4.79 Å². The molecule has 0 spiro atoms. The Morgan fingerprint density at radius 3 is 2.60 bits per heavy atom. The van der Waals surface area contributed by atoms with Gasteiger partial charge in [-0.15, -0.1) is 0 Å². The Hall–Kier alpha value is -3.85. The molecule has 0 saturated carbocycles. The molecular weight excluding hydrogens is 389 g/mol. The number of halogens is 1. The molecule has 152 valence electrons. The van der Waals surface area contributed by atoms with Crippen molar-refractivity contribution in [2.75, 3.05) is 7.05 Å². The Kier molecular flexibility index (Phi) is 5.36. The Balaban J connectivity index is 1.62. The number of carbonyl (C=O) groups excluding carboxylic acids is 1. The van der Waals surface area contributed by atoms with Crippen molar-refractivity contribution in [3.8, 4) is 28.5 Å². The number of alkyl halides is 1. The number of carbonyl (C=O) groups is 1. The molecule has 30 heavy (non-hydrogen) atoms. The molecule has 0 radical (unpaired) electrons. The number of aliphatic hydroxyl groups is 1. The molecule has 0 aliphatic rings. The van der Waals surface area contributed by atoms with Gasteiger partial charge in [0, 0.05) is 12.6 Å². The van der Waals surface area contributed by atoms with E-state index >= 15 is 0 Å². The van der Waals surface area contributed by atoms with Gasteiger partial charge in [-0.1, -0.05) is 47.6 Å². The quantitative estimate of drug-likeness (QED) is 0.509. The van der Waals surface area contributed by atoms with Crippen LogP contribution >= 0.6 is 0 Å². The molecule has 4 aromatic rings. The first-order valence-corrected chi connectivity index (χ1v) is 9.14. The topological polar surface area (TPSA) is 106 Å². The molecule has 0 saturated heterocycles. The van der Waals surface area contributed by atoms with E-state index < -0.39 is 18.7 Å². The summed E-state index contributed by atoms with van der Waals surface area (Å²) in [6.07, 6.45) is 0.225. The molecule has 8 nitrogen and oxygen atoms in total. The third kappa shape index (κ3) is 3.58. The van der Waals surface area contributed by atoms with Crippen molar-refractivity contribution < 1.29 is 18.8 Å². The highest BCUT2D eigenvalue weighted by Gasteiger charge is 2.20. The van der Waals surface area contributed by atoms with Gasteiger partial charge in [-0.05, 0) is 17.7 Å². The first-order valence-electron chi connectivity index (χ1n) is 9.14. The molecule has 0 bridgehead atoms. The van der Waals surface area contributed by atoms with Crippen LogP contribution in [-0.2, 0) is 11.5 Å². The molecule has 2 heterocycles. The average molecular weight is 407 g/mol. The summed E-state index contributed by atoms with van der Waals surface area (Å²) in [6.45, 7) is -0.756. The minimum Gasteiger partial charge on any atom is -0.378 e. The number of nitrogens with zero attached hydrogens (tertiary/aromatic N) is 4. The van der Waals surface area contributed by atoms with Gasteiger partial charge in [0.15, 0.2) is 6.10 Å². The number of nitrogens with one attached hydrogen (secondary N) is 1. The number of rotatable bonds is 6. The van der Waals surface area contributed by atoms with Crippen LogP contribution in [0.3, 0.4) is 0 Å². The number of hydrogen-bond acceptors (Lipinski definition) is 6. The fourth-order valence-corrected chi connectivity index (χ4v) is 3.03. The highest BCUT2D eigenvalue weighted by atomic mass is 19.1. The molecule has 9 heteroatoms. The van der Waals surface area contributed by atoms with E-state index in [0.29, 0.717) is 28.2 Å². The number of para-hydroxylation sites is 1. The number of likely N-dealkylation sites (N-methyl/N-ethyl adjacent to an activating group) is 1. The first kappa shape index (κ1) is 19.5. The second-order valence-corrected chi connectivity index (χ2v) is 6.45. The van der Waals surface area contributed by atoms with E-state index in [0.717, 1.165) is 5.69 Å². The standard InChI is InChI=1S/C21H18FN5O3/c1-23-20(29)18(28)13-7-9-14(10-8-13)19-25-21(30-26-19)16-12-24-27(17(16)11-22)15-5-3-2-4-6-15/h2-10,12,18,28H,11H2,1H3,(H,23,29). The fourth-order valence-electron chi connectivity index (χ4n) is 3.03. The zero-order valence-electron chi connectivity index (χ0n) is 16.0. The van der Waals surface area contributed by atoms with Crippen molar-refractivity contribution in [1.82, 2.24) is 25.2 Å². The lowest BCUT2D eigenvalue weighted by Gasteiger charge is -2.09. The maximum atomic E-state index is 13.8. The van der Waals surface area contributed by atoms with Gasteiger partial charge in [0.05, 0.1) is 23.1 Å². The van der Waals surface area contributed by atoms with Gasteiger partial charge in [0.25, 0.3) is 11.8 Å². The van der Waals surface area contributed by atoms with Gasteiger partial charge < -0.3 is 14.9 Å². The minimum atomic E-state index is -1.26. The van der Waals surface area contributed by atoms with Crippen LogP contribution in [0, 0.1) is 0 Å². The second-order valence-electron chi connectivity index (χ2n) is 6.45. The smallest absolute Gasteiger partial charge is 0.261 e. The van der Waals surface area contributed by atoms with Crippen molar-refractivity contribution in [1.29, 1.82) is 0 Å². The van der Waals surface area contributed by atoms with Crippen LogP contribution in [0.25, 0.3) is 28.5 Å². The summed E-state index contributed by atoms with van der Waals surface area (Å²) in [5, 5.41) is 20.6. The van der Waals surface area contributed by atoms with E-state index in [1.807, 2.05) is 30.3 Å². The molecule has 2 N–H and O–H groups in total. The van der Waals surface area contributed by atoms with Gasteiger partial charge in [-0.2, -0.15) is 10.1 Å². The van der Waals surface area contributed by atoms with Gasteiger partial charge in [0.2, 0.25) is 5.82 Å². The molecule has 1 unspecified atom stereocenters. The maximum absolute atomic E-state index is 13.8. The summed E-state index contributed by atoms with van der Waals surface area (Å²) in [7, 11) is 1.45. The molecule has 0 aliphatic carbocycles. The number of hydrogen-bond donors (Lipinski definition) is 2. The first-order chi connectivity index (χ1) is 14.6. The van der Waals surface area contributed by atoms with Crippen LogP contribution in [0.15, 0.2) is 65.3 Å². The zero-order chi connectivity index (χ0) is 21.1. The summed E-state index contributed by atoms with van der Waals surface area (Å²) in [4.78, 5) is 15.9. The molecular formula is C21H18FN5O3. The highest BCUT2D eigenvalue weighted by molar-refractivity contribution is 5.81. The summed E-state index contributed by atoms with van der Waals surface area (Å²) in [6, 6.07) is 15.7. The van der Waals surface area contributed by atoms with Crippen LogP contribution in [0.1, 0.15) is 17.4 Å². The van der Waals surface area contributed by atoms with E-state index in [2.05, 4.69) is 20.6 Å². The Morgan fingerprint density at radius 2 is 1.93 bits per heavy atom. The van der Waals surface area contributed by atoms with Gasteiger partial charge >= 0.3 is 0 Å². The van der Waals surface area contributed by atoms with E-state index in [9.17, 15) is 14.3 Å². The van der Waals surface area contributed by atoms with Crippen LogP contribution < -0.4 is 5.32 Å². The zero-order valence-corrected chi connectivity index (χ0v) is 16.0. The summed E-state index contributed by atoms with van der Waals surface area (Å²) in [5.41, 5.74) is 2.49. The van der Waals surface area contributed by atoms with Crippen LogP contribution in [-0.4, -0.2) is 38.0 Å². The van der Waals surface area contributed by atoms with Gasteiger partial charge in [-0.25, -0.2) is 9.07 Å². The van der Waals surface area contributed by atoms with E-state index in [-0.39, 0.29) is 5.89 Å². The lowest BCUT2D eigenvalue weighted by Crippen LogP contribution is -2.25. The van der Waals surface area contributed by atoms with Crippen molar-refractivity contribution in [3.63, 3.8) is 0 Å². The average Bonchev–Trinajstić information content (AvgIpc) is 3.45. The summed E-state index contributed by atoms with van der Waals surface area (Å²) < 4.78 is 20.6. The number of aliphatic hydroxyl groups excluding tert-OH is 1. The van der Waals surface area contributed by atoms with Crippen LogP contribution in [0.2, 0.25) is 0 Å². The lowest BCUT2D eigenvalue weighted by atomic mass is 10.1. The number of benzene rings is 2. The number of amides is 1. The maximum Gasteiger partial charge on any atom is 0.261 e. The molecule has 0 fully saturated rings.